The summed E-state index contributed by atoms with van der Waals surface area (Å²) in [7, 11) is 0. The molecule has 2 unspecified atom stereocenters. The van der Waals surface area contributed by atoms with Gasteiger partial charge in [0, 0.05) is 11.6 Å². The van der Waals surface area contributed by atoms with Crippen LogP contribution < -0.4 is 0 Å². The van der Waals surface area contributed by atoms with Crippen molar-refractivity contribution in [1.29, 1.82) is 0 Å². The third-order valence-corrected chi connectivity index (χ3v) is 3.87. The quantitative estimate of drug-likeness (QED) is 0.945. The van der Waals surface area contributed by atoms with Gasteiger partial charge in [-0.1, -0.05) is 11.6 Å². The molecule has 1 saturated heterocycles. The van der Waals surface area contributed by atoms with Crippen molar-refractivity contribution in [3.8, 4) is 0 Å². The van der Waals surface area contributed by atoms with Crippen LogP contribution in [0.25, 0.3) is 11.0 Å². The maximum Gasteiger partial charge on any atom is 0.332 e. The van der Waals surface area contributed by atoms with Crippen LogP contribution in [0.1, 0.15) is 31.7 Å². The van der Waals surface area contributed by atoms with Crippen molar-refractivity contribution in [2.45, 2.75) is 38.5 Å². The fourth-order valence-electron chi connectivity index (χ4n) is 2.71. The van der Waals surface area contributed by atoms with Gasteiger partial charge in [0.2, 0.25) is 0 Å². The van der Waals surface area contributed by atoms with Crippen molar-refractivity contribution in [2.24, 2.45) is 0 Å². The molecule has 0 saturated carbocycles. The number of benzene rings is 1. The van der Waals surface area contributed by atoms with Crippen molar-refractivity contribution >= 4 is 28.6 Å². The Morgan fingerprint density at radius 2 is 2.35 bits per heavy atom. The van der Waals surface area contributed by atoms with Crippen LogP contribution in [0, 0.1) is 0 Å². The van der Waals surface area contributed by atoms with Crippen molar-refractivity contribution < 1.29 is 14.6 Å². The summed E-state index contributed by atoms with van der Waals surface area (Å²) < 4.78 is 7.65. The summed E-state index contributed by atoms with van der Waals surface area (Å²) in [5, 5.41) is 9.65. The standard InChI is InChI=1S/C14H15ClN2O3/c1-2-17-10-4-3-8(15)7-9(10)16-13(17)11-5-6-12(20-11)14(18)19/h3-4,7,11-12H,2,5-6H2,1H3,(H,18,19). The van der Waals surface area contributed by atoms with Crippen LogP contribution in [0.5, 0.6) is 0 Å². The number of aromatic nitrogens is 2. The molecule has 0 radical (unpaired) electrons. The number of fused-ring (bicyclic) bond motifs is 1. The van der Waals surface area contributed by atoms with Gasteiger partial charge in [-0.05, 0) is 38.0 Å². The third-order valence-electron chi connectivity index (χ3n) is 3.64. The SMILES string of the molecule is CCn1c(C2CCC(C(=O)O)O2)nc2cc(Cl)ccc21. The first kappa shape index (κ1) is 13.4. The van der Waals surface area contributed by atoms with E-state index in [1.54, 1.807) is 0 Å². The van der Waals surface area contributed by atoms with Crippen molar-refractivity contribution in [1.82, 2.24) is 9.55 Å². The number of imidazole rings is 1. The number of carboxylic acids is 1. The van der Waals surface area contributed by atoms with E-state index in [2.05, 4.69) is 9.55 Å². The molecule has 0 spiro atoms. The Kier molecular flexibility index (Phi) is 3.40. The smallest absolute Gasteiger partial charge is 0.332 e. The second-order valence-corrected chi connectivity index (χ2v) is 5.31. The lowest BCUT2D eigenvalue weighted by atomic mass is 10.2. The largest absolute Gasteiger partial charge is 0.479 e. The minimum Gasteiger partial charge on any atom is -0.479 e. The zero-order chi connectivity index (χ0) is 14.3. The van der Waals surface area contributed by atoms with E-state index in [4.69, 9.17) is 21.4 Å². The predicted octanol–water partition coefficient (Wildman–Crippen LogP) is 3.01. The number of halogens is 1. The van der Waals surface area contributed by atoms with Gasteiger partial charge in [-0.3, -0.25) is 0 Å². The lowest BCUT2D eigenvalue weighted by Crippen LogP contribution is -2.19. The van der Waals surface area contributed by atoms with Crippen LogP contribution in [-0.4, -0.2) is 26.7 Å². The van der Waals surface area contributed by atoms with Gasteiger partial charge in [0.05, 0.1) is 11.0 Å². The highest BCUT2D eigenvalue weighted by Gasteiger charge is 2.34. The van der Waals surface area contributed by atoms with Crippen molar-refractivity contribution in [3.05, 3.63) is 29.0 Å². The van der Waals surface area contributed by atoms with Gasteiger partial charge in [-0.25, -0.2) is 9.78 Å². The number of nitrogens with zero attached hydrogens (tertiary/aromatic N) is 2. The molecule has 1 aromatic heterocycles. The second-order valence-electron chi connectivity index (χ2n) is 4.88. The van der Waals surface area contributed by atoms with Gasteiger partial charge >= 0.3 is 5.97 Å². The lowest BCUT2D eigenvalue weighted by molar-refractivity contribution is -0.149. The van der Waals surface area contributed by atoms with Gasteiger partial charge in [-0.2, -0.15) is 0 Å². The molecule has 3 rings (SSSR count). The molecule has 5 nitrogen and oxygen atoms in total. The van der Waals surface area contributed by atoms with E-state index in [0.717, 1.165) is 23.4 Å². The number of aliphatic carboxylic acids is 1. The van der Waals surface area contributed by atoms with Crippen LogP contribution >= 0.6 is 11.6 Å². The molecule has 1 aromatic carbocycles. The molecule has 0 aliphatic carbocycles. The maximum atomic E-state index is 11.0. The van der Waals surface area contributed by atoms with E-state index in [1.165, 1.54) is 0 Å². The Bertz CT molecular complexity index is 668. The highest BCUT2D eigenvalue weighted by Crippen LogP contribution is 2.34. The summed E-state index contributed by atoms with van der Waals surface area (Å²) in [4.78, 5) is 15.6. The summed E-state index contributed by atoms with van der Waals surface area (Å²) in [6, 6.07) is 5.58. The number of carboxylic acid groups (broad SMARTS) is 1. The molecule has 1 aliphatic rings. The average molecular weight is 295 g/mol. The lowest BCUT2D eigenvalue weighted by Gasteiger charge is -2.12. The minimum absolute atomic E-state index is 0.262. The van der Waals surface area contributed by atoms with Gasteiger partial charge in [0.1, 0.15) is 11.9 Å². The predicted molar refractivity (Wildman–Crippen MR) is 74.9 cm³/mol. The maximum absolute atomic E-state index is 11.0. The monoisotopic (exact) mass is 294 g/mol. The fourth-order valence-corrected chi connectivity index (χ4v) is 2.87. The molecule has 1 N–H and O–H groups in total. The van der Waals surface area contributed by atoms with Crippen LogP contribution in [0.3, 0.4) is 0 Å². The normalized spacial score (nSPS) is 22.5. The molecule has 6 heteroatoms. The average Bonchev–Trinajstić information content (AvgIpc) is 3.01. The number of hydrogen-bond acceptors (Lipinski definition) is 3. The van der Waals surface area contributed by atoms with E-state index < -0.39 is 12.1 Å². The van der Waals surface area contributed by atoms with Crippen LogP contribution in [0.4, 0.5) is 0 Å². The Morgan fingerprint density at radius 1 is 1.55 bits per heavy atom. The van der Waals surface area contributed by atoms with Crippen molar-refractivity contribution in [3.63, 3.8) is 0 Å². The molecule has 0 bridgehead atoms. The summed E-state index contributed by atoms with van der Waals surface area (Å²) in [5.74, 6) is -0.122. The van der Waals surface area contributed by atoms with Crippen LogP contribution in [0.2, 0.25) is 5.02 Å². The molecule has 106 valence electrons. The molecule has 1 aliphatic heterocycles. The Labute approximate surface area is 121 Å². The molecular weight excluding hydrogens is 280 g/mol. The number of carbonyl (C=O) groups is 1. The number of rotatable bonds is 3. The molecular formula is C14H15ClN2O3. The Morgan fingerprint density at radius 3 is 3.00 bits per heavy atom. The highest BCUT2D eigenvalue weighted by molar-refractivity contribution is 6.31. The molecule has 1 fully saturated rings. The summed E-state index contributed by atoms with van der Waals surface area (Å²) >= 11 is 5.99. The molecule has 0 amide bonds. The molecule has 20 heavy (non-hydrogen) atoms. The van der Waals surface area contributed by atoms with Crippen molar-refractivity contribution in [2.75, 3.05) is 0 Å². The summed E-state index contributed by atoms with van der Waals surface area (Å²) in [6.07, 6.45) is 0.206. The second kappa shape index (κ2) is 5.07. The Hall–Kier alpha value is -1.59. The topological polar surface area (TPSA) is 64.4 Å². The number of ether oxygens (including phenoxy) is 1. The van der Waals surface area contributed by atoms with Gasteiger partial charge in [-0.15, -0.1) is 0 Å². The third kappa shape index (κ3) is 2.17. The van der Waals surface area contributed by atoms with E-state index in [-0.39, 0.29) is 6.10 Å². The number of aryl methyl sites for hydroxylation is 1. The van der Waals surface area contributed by atoms with Crippen LogP contribution in [0.15, 0.2) is 18.2 Å². The first-order valence-corrected chi connectivity index (χ1v) is 7.02. The zero-order valence-electron chi connectivity index (χ0n) is 11.0. The van der Waals surface area contributed by atoms with E-state index in [1.807, 2.05) is 25.1 Å². The van der Waals surface area contributed by atoms with Gasteiger partial charge in [0.25, 0.3) is 0 Å². The Balaban J connectivity index is 2.01. The first-order valence-electron chi connectivity index (χ1n) is 6.64. The van der Waals surface area contributed by atoms with Gasteiger partial charge in [0.15, 0.2) is 6.10 Å². The molecule has 2 heterocycles. The first-order chi connectivity index (χ1) is 9.60. The molecule has 2 aromatic rings. The number of hydrogen-bond donors (Lipinski definition) is 1. The van der Waals surface area contributed by atoms with E-state index in [0.29, 0.717) is 17.9 Å². The molecule has 2 atom stereocenters. The van der Waals surface area contributed by atoms with Crippen LogP contribution in [-0.2, 0) is 16.1 Å². The summed E-state index contributed by atoms with van der Waals surface area (Å²) in [5.41, 5.74) is 1.81. The summed E-state index contributed by atoms with van der Waals surface area (Å²) in [6.45, 7) is 2.79. The fraction of sp³-hybridized carbons (Fsp3) is 0.429. The highest BCUT2D eigenvalue weighted by atomic mass is 35.5. The van der Waals surface area contributed by atoms with E-state index in [9.17, 15) is 4.79 Å². The zero-order valence-corrected chi connectivity index (χ0v) is 11.8. The van der Waals surface area contributed by atoms with E-state index >= 15 is 0 Å². The van der Waals surface area contributed by atoms with Gasteiger partial charge < -0.3 is 14.4 Å². The minimum atomic E-state index is -0.908.